The van der Waals surface area contributed by atoms with Crippen LogP contribution >= 0.6 is 0 Å². The van der Waals surface area contributed by atoms with E-state index in [0.717, 1.165) is 38.0 Å². The maximum atomic E-state index is 12.8. The minimum Gasteiger partial charge on any atom is -0.316 e. The lowest BCUT2D eigenvalue weighted by atomic mass is 9.58. The van der Waals surface area contributed by atoms with Crippen LogP contribution in [0.4, 0.5) is 5.69 Å². The summed E-state index contributed by atoms with van der Waals surface area (Å²) in [5.74, 6) is 1.52. The highest BCUT2D eigenvalue weighted by atomic mass is 32.2. The average molecular weight is 455 g/mol. The molecular weight excluding hydrogens is 416 g/mol. The lowest BCUT2D eigenvalue weighted by molar-refractivity contribution is 0.129. The van der Waals surface area contributed by atoms with Crippen molar-refractivity contribution in [3.8, 4) is 0 Å². The first-order valence-electron chi connectivity index (χ1n) is 12.1. The van der Waals surface area contributed by atoms with Gasteiger partial charge in [-0.25, -0.2) is 8.42 Å². The van der Waals surface area contributed by atoms with Gasteiger partial charge in [-0.15, -0.1) is 0 Å². The number of benzene rings is 2. The van der Waals surface area contributed by atoms with Crippen LogP contribution in [-0.4, -0.2) is 34.3 Å². The van der Waals surface area contributed by atoms with E-state index in [1.54, 1.807) is 4.31 Å². The van der Waals surface area contributed by atoms with Gasteiger partial charge >= 0.3 is 0 Å². The lowest BCUT2D eigenvalue weighted by Crippen LogP contribution is -2.49. The van der Waals surface area contributed by atoms with E-state index in [1.165, 1.54) is 30.2 Å². The Hall–Kier alpha value is -1.85. The molecule has 32 heavy (non-hydrogen) atoms. The first kappa shape index (κ1) is 23.3. The summed E-state index contributed by atoms with van der Waals surface area (Å²) in [6.45, 7) is 7.07. The Morgan fingerprint density at radius 3 is 2.47 bits per heavy atom. The number of para-hydroxylation sites is 1. The molecule has 1 heterocycles. The molecule has 1 N–H and O–H groups in total. The lowest BCUT2D eigenvalue weighted by Gasteiger charge is -2.46. The van der Waals surface area contributed by atoms with Crippen molar-refractivity contribution in [1.29, 1.82) is 0 Å². The molecule has 174 valence electrons. The minimum absolute atomic E-state index is 0.100. The third-order valence-corrected chi connectivity index (χ3v) is 8.63. The maximum Gasteiger partial charge on any atom is 0.232 e. The summed E-state index contributed by atoms with van der Waals surface area (Å²) < 4.78 is 27.2. The fourth-order valence-corrected chi connectivity index (χ4v) is 7.13. The first-order valence-corrected chi connectivity index (χ1v) is 14.0. The number of anilines is 1. The molecule has 1 aliphatic carbocycles. The van der Waals surface area contributed by atoms with Gasteiger partial charge in [-0.3, -0.25) is 4.31 Å². The van der Waals surface area contributed by atoms with Crippen molar-refractivity contribution in [2.24, 2.45) is 17.8 Å². The van der Waals surface area contributed by atoms with Crippen LogP contribution in [0.2, 0.25) is 0 Å². The maximum absolute atomic E-state index is 12.8. The highest BCUT2D eigenvalue weighted by Crippen LogP contribution is 2.55. The predicted molar refractivity (Wildman–Crippen MR) is 134 cm³/mol. The zero-order valence-electron chi connectivity index (χ0n) is 19.8. The molecule has 1 saturated carbocycles. The van der Waals surface area contributed by atoms with Gasteiger partial charge in [0.25, 0.3) is 0 Å². The summed E-state index contributed by atoms with van der Waals surface area (Å²) in [7, 11) is -3.31. The van der Waals surface area contributed by atoms with Crippen molar-refractivity contribution in [2.75, 3.05) is 30.2 Å². The topological polar surface area (TPSA) is 49.4 Å². The van der Waals surface area contributed by atoms with Gasteiger partial charge in [0, 0.05) is 12.0 Å². The van der Waals surface area contributed by atoms with Gasteiger partial charge in [0.15, 0.2) is 0 Å². The third-order valence-electron chi connectivity index (χ3n) is 7.50. The Bertz CT molecular complexity index is 1010. The van der Waals surface area contributed by atoms with Gasteiger partial charge in [-0.1, -0.05) is 75.2 Å². The molecule has 2 aromatic carbocycles. The van der Waals surface area contributed by atoms with Crippen molar-refractivity contribution in [1.82, 2.24) is 5.32 Å². The second-order valence-electron chi connectivity index (χ2n) is 10.3. The van der Waals surface area contributed by atoms with Crippen molar-refractivity contribution < 1.29 is 8.42 Å². The minimum atomic E-state index is -3.31. The van der Waals surface area contributed by atoms with Gasteiger partial charge < -0.3 is 5.32 Å². The molecule has 0 aromatic heterocycles. The normalized spacial score (nSPS) is 24.1. The molecule has 0 amide bonds. The van der Waals surface area contributed by atoms with E-state index in [4.69, 9.17) is 0 Å². The van der Waals surface area contributed by atoms with Crippen LogP contribution in [0.1, 0.15) is 50.7 Å². The zero-order valence-corrected chi connectivity index (χ0v) is 20.6. The fraction of sp³-hybridized carbons (Fsp3) is 0.556. The molecule has 0 radical (unpaired) electrons. The SMILES string of the molecule is CC(C)CNC[C@@H](Cc1ccccc1)C1CCCCC12CN(S(C)(=O)=O)c1ccccc12. The molecule has 2 unspecified atom stereocenters. The molecule has 1 fully saturated rings. The van der Waals surface area contributed by atoms with Crippen LogP contribution < -0.4 is 9.62 Å². The third kappa shape index (κ3) is 4.74. The van der Waals surface area contributed by atoms with Crippen molar-refractivity contribution in [3.05, 3.63) is 65.7 Å². The standard InChI is InChI=1S/C27H38N2O2S/c1-21(2)18-28-19-23(17-22-11-5-4-6-12-22)24-13-9-10-16-27(24)20-29(32(3,30)31)26-15-8-7-14-25(26)27/h4-8,11-12,14-15,21,23-24,28H,9-10,13,16-20H2,1-3H3/t23-,24?,27?/m1/s1. The van der Waals surface area contributed by atoms with E-state index in [9.17, 15) is 8.42 Å². The molecular formula is C27H38N2O2S. The summed E-state index contributed by atoms with van der Waals surface area (Å²) in [4.78, 5) is 0. The van der Waals surface area contributed by atoms with E-state index in [2.05, 4.69) is 61.6 Å². The summed E-state index contributed by atoms with van der Waals surface area (Å²) in [6, 6.07) is 19.0. The molecule has 1 aliphatic heterocycles. The number of hydrogen-bond acceptors (Lipinski definition) is 3. The van der Waals surface area contributed by atoms with Crippen molar-refractivity contribution >= 4 is 15.7 Å². The molecule has 3 atom stereocenters. The largest absolute Gasteiger partial charge is 0.316 e. The molecule has 4 rings (SSSR count). The van der Waals surface area contributed by atoms with E-state index in [1.807, 2.05) is 12.1 Å². The van der Waals surface area contributed by atoms with Gasteiger partial charge in [0.1, 0.15) is 0 Å². The number of rotatable bonds is 8. The van der Waals surface area contributed by atoms with Gasteiger partial charge in [0.2, 0.25) is 10.0 Å². The van der Waals surface area contributed by atoms with E-state index in [0.29, 0.717) is 24.3 Å². The molecule has 2 aromatic rings. The highest BCUT2D eigenvalue weighted by molar-refractivity contribution is 7.92. The van der Waals surface area contributed by atoms with Crippen molar-refractivity contribution in [3.63, 3.8) is 0 Å². The van der Waals surface area contributed by atoms with Gasteiger partial charge in [0.05, 0.1) is 11.9 Å². The van der Waals surface area contributed by atoms with Crippen LogP contribution in [0.25, 0.3) is 0 Å². The van der Waals surface area contributed by atoms with Crippen LogP contribution in [0.15, 0.2) is 54.6 Å². The van der Waals surface area contributed by atoms with Gasteiger partial charge in [-0.05, 0) is 67.3 Å². The summed E-state index contributed by atoms with van der Waals surface area (Å²) in [5, 5.41) is 3.74. The van der Waals surface area contributed by atoms with Gasteiger partial charge in [-0.2, -0.15) is 0 Å². The summed E-state index contributed by atoms with van der Waals surface area (Å²) in [6.07, 6.45) is 7.00. The Labute approximate surface area is 194 Å². The van der Waals surface area contributed by atoms with Crippen LogP contribution in [0.5, 0.6) is 0 Å². The fourth-order valence-electron chi connectivity index (χ4n) is 6.15. The highest BCUT2D eigenvalue weighted by Gasteiger charge is 2.52. The molecule has 5 heteroatoms. The second kappa shape index (κ2) is 9.56. The molecule has 0 saturated heterocycles. The summed E-state index contributed by atoms with van der Waals surface area (Å²) >= 11 is 0. The molecule has 2 aliphatic rings. The Morgan fingerprint density at radius 1 is 1.03 bits per heavy atom. The first-order chi connectivity index (χ1) is 15.3. The number of nitrogens with one attached hydrogen (secondary N) is 1. The predicted octanol–water partition coefficient (Wildman–Crippen LogP) is 5.00. The van der Waals surface area contributed by atoms with E-state index >= 15 is 0 Å². The van der Waals surface area contributed by atoms with E-state index in [-0.39, 0.29) is 5.41 Å². The number of fused-ring (bicyclic) bond motifs is 2. The Balaban J connectivity index is 1.72. The van der Waals surface area contributed by atoms with Crippen LogP contribution in [-0.2, 0) is 21.9 Å². The second-order valence-corrected chi connectivity index (χ2v) is 12.2. The molecule has 0 bridgehead atoms. The number of nitrogens with zero attached hydrogens (tertiary/aromatic N) is 1. The quantitative estimate of drug-likeness (QED) is 0.611. The van der Waals surface area contributed by atoms with E-state index < -0.39 is 10.0 Å². The van der Waals surface area contributed by atoms with Crippen LogP contribution in [0.3, 0.4) is 0 Å². The average Bonchev–Trinajstić information content (AvgIpc) is 3.09. The molecule has 4 nitrogen and oxygen atoms in total. The Morgan fingerprint density at radius 2 is 1.75 bits per heavy atom. The monoisotopic (exact) mass is 454 g/mol. The smallest absolute Gasteiger partial charge is 0.232 e. The zero-order chi connectivity index (χ0) is 22.8. The summed E-state index contributed by atoms with van der Waals surface area (Å²) in [5.41, 5.74) is 3.42. The number of hydrogen-bond donors (Lipinski definition) is 1. The number of sulfonamides is 1. The Kier molecular flexibility index (Phi) is 6.97. The molecule has 1 spiro atoms. The van der Waals surface area contributed by atoms with Crippen LogP contribution in [0, 0.1) is 17.8 Å². The van der Waals surface area contributed by atoms with Crippen molar-refractivity contribution in [2.45, 2.75) is 51.4 Å².